The van der Waals surface area contributed by atoms with E-state index in [-0.39, 0.29) is 0 Å². The van der Waals surface area contributed by atoms with Crippen LogP contribution in [0.4, 0.5) is 0 Å². The van der Waals surface area contributed by atoms with Crippen molar-refractivity contribution in [3.05, 3.63) is 59.2 Å². The molecule has 0 aliphatic rings. The molecule has 0 bridgehead atoms. The molecule has 2 rings (SSSR count). The minimum Gasteiger partial charge on any atom is -0.345 e. The molecule has 0 unspecified atom stereocenters. The van der Waals surface area contributed by atoms with E-state index in [0.717, 1.165) is 25.0 Å². The van der Waals surface area contributed by atoms with Crippen molar-refractivity contribution in [2.24, 2.45) is 0 Å². The summed E-state index contributed by atoms with van der Waals surface area (Å²) in [6.07, 6.45) is 11.0. The highest BCUT2D eigenvalue weighted by atomic mass is 14.8. The second-order valence-electron chi connectivity index (χ2n) is 4.42. The molecule has 2 nitrogen and oxygen atoms in total. The fourth-order valence-corrected chi connectivity index (χ4v) is 2.10. The minimum atomic E-state index is 0.978. The fraction of sp³-hybridized carbons (Fsp3) is 0.312. The van der Waals surface area contributed by atoms with Gasteiger partial charge in [0.15, 0.2) is 0 Å². The number of nitrogens with one attached hydrogen (secondary N) is 1. The number of benzene rings is 1. The summed E-state index contributed by atoms with van der Waals surface area (Å²) < 4.78 is 0. The lowest BCUT2D eigenvalue weighted by molar-refractivity contribution is 1.05. The number of rotatable bonds is 5. The molecule has 0 saturated carbocycles. The van der Waals surface area contributed by atoms with Crippen LogP contribution in [0.25, 0.3) is 6.08 Å². The molecule has 94 valence electrons. The Morgan fingerprint density at radius 3 is 2.72 bits per heavy atom. The van der Waals surface area contributed by atoms with Gasteiger partial charge in [0.25, 0.3) is 0 Å². The van der Waals surface area contributed by atoms with E-state index in [4.69, 9.17) is 0 Å². The van der Waals surface area contributed by atoms with Gasteiger partial charge in [-0.2, -0.15) is 0 Å². The lowest BCUT2D eigenvalue weighted by atomic mass is 9.98. The molecule has 0 atom stereocenters. The third-order valence-electron chi connectivity index (χ3n) is 3.21. The highest BCUT2D eigenvalue weighted by Crippen LogP contribution is 2.15. The molecule has 0 radical (unpaired) electrons. The molecule has 2 aromatic rings. The normalized spacial score (nSPS) is 11.2. The zero-order valence-electron chi connectivity index (χ0n) is 11.1. The van der Waals surface area contributed by atoms with Gasteiger partial charge >= 0.3 is 0 Å². The summed E-state index contributed by atoms with van der Waals surface area (Å²) in [6, 6.07) is 6.83. The van der Waals surface area contributed by atoms with Gasteiger partial charge in [0.2, 0.25) is 0 Å². The number of allylic oxidation sites excluding steroid dienone is 1. The molecule has 18 heavy (non-hydrogen) atoms. The summed E-state index contributed by atoms with van der Waals surface area (Å²) in [4.78, 5) is 7.07. The third kappa shape index (κ3) is 3.10. The van der Waals surface area contributed by atoms with Crippen molar-refractivity contribution in [1.29, 1.82) is 0 Å². The van der Waals surface area contributed by atoms with Crippen molar-refractivity contribution in [1.82, 2.24) is 9.97 Å². The highest BCUT2D eigenvalue weighted by Gasteiger charge is 2.00. The molecule has 2 heteroatoms. The van der Waals surface area contributed by atoms with Crippen LogP contribution in [0.15, 0.2) is 36.8 Å². The quantitative estimate of drug-likeness (QED) is 0.846. The fourth-order valence-electron chi connectivity index (χ4n) is 2.10. The van der Waals surface area contributed by atoms with Gasteiger partial charge in [-0.3, -0.25) is 0 Å². The van der Waals surface area contributed by atoms with E-state index in [1.165, 1.54) is 16.7 Å². The van der Waals surface area contributed by atoms with Crippen molar-refractivity contribution >= 4 is 6.08 Å². The first-order valence-corrected chi connectivity index (χ1v) is 6.59. The first-order valence-electron chi connectivity index (χ1n) is 6.59. The van der Waals surface area contributed by atoms with Crippen LogP contribution >= 0.6 is 0 Å². The predicted octanol–water partition coefficient (Wildman–Crippen LogP) is 3.79. The van der Waals surface area contributed by atoms with E-state index >= 15 is 0 Å². The summed E-state index contributed by atoms with van der Waals surface area (Å²) in [6.45, 7) is 4.42. The minimum absolute atomic E-state index is 0.978. The zero-order valence-corrected chi connectivity index (χ0v) is 11.1. The maximum absolute atomic E-state index is 4.00. The van der Waals surface area contributed by atoms with Gasteiger partial charge in [-0.25, -0.2) is 4.98 Å². The topological polar surface area (TPSA) is 28.7 Å². The Bertz CT molecular complexity index is 510. The Hall–Kier alpha value is -1.83. The molecule has 1 aromatic heterocycles. The number of nitrogens with zero attached hydrogens (tertiary/aromatic N) is 1. The van der Waals surface area contributed by atoms with Gasteiger partial charge in [-0.1, -0.05) is 38.1 Å². The largest absolute Gasteiger partial charge is 0.345 e. The van der Waals surface area contributed by atoms with Gasteiger partial charge in [-0.05, 0) is 42.0 Å². The molecule has 0 aliphatic heterocycles. The number of hydrogen-bond donors (Lipinski definition) is 1. The number of aromatic amines is 1. The van der Waals surface area contributed by atoms with Crippen LogP contribution in [0.1, 0.15) is 36.2 Å². The van der Waals surface area contributed by atoms with Crippen molar-refractivity contribution in [2.75, 3.05) is 0 Å². The number of aromatic nitrogens is 2. The van der Waals surface area contributed by atoms with E-state index in [1.54, 1.807) is 6.33 Å². The van der Waals surface area contributed by atoms with E-state index in [9.17, 15) is 0 Å². The molecule has 0 saturated heterocycles. The van der Waals surface area contributed by atoms with Crippen molar-refractivity contribution in [3.8, 4) is 0 Å². The van der Waals surface area contributed by atoms with Crippen molar-refractivity contribution < 1.29 is 0 Å². The van der Waals surface area contributed by atoms with Crippen LogP contribution < -0.4 is 0 Å². The summed E-state index contributed by atoms with van der Waals surface area (Å²) in [5, 5.41) is 0. The van der Waals surface area contributed by atoms with Crippen molar-refractivity contribution in [3.63, 3.8) is 0 Å². The average Bonchev–Trinajstić information content (AvgIpc) is 2.92. The number of imidazole rings is 1. The molecule has 1 aromatic carbocycles. The maximum Gasteiger partial charge on any atom is 0.0924 e. The van der Waals surface area contributed by atoms with Crippen LogP contribution in [0.5, 0.6) is 0 Å². The van der Waals surface area contributed by atoms with Crippen LogP contribution in [0.3, 0.4) is 0 Å². The molecule has 0 amide bonds. The van der Waals surface area contributed by atoms with Gasteiger partial charge in [-0.15, -0.1) is 0 Å². The lowest BCUT2D eigenvalue weighted by Gasteiger charge is -2.07. The van der Waals surface area contributed by atoms with Crippen LogP contribution in [-0.2, 0) is 19.3 Å². The van der Waals surface area contributed by atoms with E-state index in [1.807, 2.05) is 6.20 Å². The monoisotopic (exact) mass is 240 g/mol. The van der Waals surface area contributed by atoms with Crippen molar-refractivity contribution in [2.45, 2.75) is 33.1 Å². The molecule has 0 spiro atoms. The first kappa shape index (κ1) is 12.6. The van der Waals surface area contributed by atoms with E-state index in [0.29, 0.717) is 0 Å². The molecule has 1 heterocycles. The SMILES string of the molecule is CCc1ccc(C/C=C/c2cnc[nH]2)c(CC)c1. The summed E-state index contributed by atoms with van der Waals surface area (Å²) in [5.74, 6) is 0. The third-order valence-corrected chi connectivity index (χ3v) is 3.21. The van der Waals surface area contributed by atoms with Crippen LogP contribution in [0.2, 0.25) is 0 Å². The Morgan fingerprint density at radius 1 is 1.17 bits per heavy atom. The number of hydrogen-bond acceptors (Lipinski definition) is 1. The zero-order chi connectivity index (χ0) is 12.8. The molecular weight excluding hydrogens is 220 g/mol. The standard InChI is InChI=1S/C16H20N2/c1-3-13-8-9-15(14(4-2)10-13)6-5-7-16-11-17-12-18-16/h5,7-12H,3-4,6H2,1-2H3,(H,17,18)/b7-5+. The Labute approximate surface area is 109 Å². The van der Waals surface area contributed by atoms with Crippen LogP contribution in [-0.4, -0.2) is 9.97 Å². The summed E-state index contributed by atoms with van der Waals surface area (Å²) >= 11 is 0. The molecule has 0 fully saturated rings. The van der Waals surface area contributed by atoms with Gasteiger partial charge in [0.1, 0.15) is 0 Å². The average molecular weight is 240 g/mol. The Morgan fingerprint density at radius 2 is 2.06 bits per heavy atom. The van der Waals surface area contributed by atoms with Gasteiger partial charge in [0, 0.05) is 0 Å². The second-order valence-corrected chi connectivity index (χ2v) is 4.42. The smallest absolute Gasteiger partial charge is 0.0924 e. The Balaban J connectivity index is 2.09. The van der Waals surface area contributed by atoms with Crippen LogP contribution in [0, 0.1) is 0 Å². The Kier molecular flexibility index (Phi) is 4.35. The van der Waals surface area contributed by atoms with Gasteiger partial charge < -0.3 is 4.98 Å². The first-order chi connectivity index (χ1) is 8.83. The van der Waals surface area contributed by atoms with E-state index < -0.39 is 0 Å². The van der Waals surface area contributed by atoms with Gasteiger partial charge in [0.05, 0.1) is 18.2 Å². The lowest BCUT2D eigenvalue weighted by Crippen LogP contribution is -1.93. The number of aryl methyl sites for hydroxylation is 2. The number of H-pyrrole nitrogens is 1. The van der Waals surface area contributed by atoms with E-state index in [2.05, 4.69) is 54.2 Å². The molecule has 0 aliphatic carbocycles. The summed E-state index contributed by atoms with van der Waals surface area (Å²) in [5.41, 5.74) is 5.36. The second kappa shape index (κ2) is 6.20. The predicted molar refractivity (Wildman–Crippen MR) is 76.5 cm³/mol. The molecule has 1 N–H and O–H groups in total. The molecular formula is C16H20N2. The summed E-state index contributed by atoms with van der Waals surface area (Å²) in [7, 11) is 0. The highest BCUT2D eigenvalue weighted by molar-refractivity contribution is 5.44. The maximum atomic E-state index is 4.00.